The summed E-state index contributed by atoms with van der Waals surface area (Å²) in [6, 6.07) is 14.0. The lowest BCUT2D eigenvalue weighted by Gasteiger charge is -2.07. The van der Waals surface area contributed by atoms with E-state index in [-0.39, 0.29) is 0 Å². The molecule has 0 spiro atoms. The van der Waals surface area contributed by atoms with Crippen LogP contribution in [-0.2, 0) is 0 Å². The van der Waals surface area contributed by atoms with Gasteiger partial charge in [-0.15, -0.1) is 0 Å². The predicted molar refractivity (Wildman–Crippen MR) is 73.2 cm³/mol. The van der Waals surface area contributed by atoms with Gasteiger partial charge < -0.3 is 5.32 Å². The van der Waals surface area contributed by atoms with E-state index in [2.05, 4.69) is 23.3 Å². The van der Waals surface area contributed by atoms with Crippen LogP contribution in [0.25, 0.3) is 11.1 Å². The quantitative estimate of drug-likeness (QED) is 0.886. The number of pyridine rings is 1. The fraction of sp³-hybridized carbons (Fsp3) is 0.200. The summed E-state index contributed by atoms with van der Waals surface area (Å²) in [5, 5.41) is 12.3. The maximum Gasteiger partial charge on any atom is 0.143 e. The molecule has 0 fully saturated rings. The van der Waals surface area contributed by atoms with Gasteiger partial charge in [0.1, 0.15) is 11.9 Å². The summed E-state index contributed by atoms with van der Waals surface area (Å²) in [6.45, 7) is 2.91. The van der Waals surface area contributed by atoms with Crippen LogP contribution in [0.4, 0.5) is 5.82 Å². The maximum atomic E-state index is 9.16. The zero-order valence-electron chi connectivity index (χ0n) is 10.4. The van der Waals surface area contributed by atoms with E-state index in [1.807, 2.05) is 36.4 Å². The highest BCUT2D eigenvalue weighted by atomic mass is 15.0. The molecule has 3 nitrogen and oxygen atoms in total. The van der Waals surface area contributed by atoms with Crippen molar-refractivity contribution in [2.75, 3.05) is 11.9 Å². The summed E-state index contributed by atoms with van der Waals surface area (Å²) in [5.41, 5.74) is 2.63. The Morgan fingerprint density at radius 1 is 1.22 bits per heavy atom. The number of hydrogen-bond donors (Lipinski definition) is 1. The van der Waals surface area contributed by atoms with Crippen LogP contribution in [0.2, 0.25) is 0 Å². The van der Waals surface area contributed by atoms with Gasteiger partial charge in [-0.25, -0.2) is 4.98 Å². The lowest BCUT2D eigenvalue weighted by Crippen LogP contribution is -2.04. The van der Waals surface area contributed by atoms with E-state index in [1.54, 1.807) is 6.20 Å². The average molecular weight is 237 g/mol. The molecule has 2 rings (SSSR count). The van der Waals surface area contributed by atoms with E-state index in [9.17, 15) is 0 Å². The second-order valence-corrected chi connectivity index (χ2v) is 4.02. The number of rotatable bonds is 4. The second kappa shape index (κ2) is 5.83. The van der Waals surface area contributed by atoms with E-state index in [0.29, 0.717) is 11.4 Å². The number of nitrogens with one attached hydrogen (secondary N) is 1. The lowest BCUT2D eigenvalue weighted by atomic mass is 10.1. The fourth-order valence-corrected chi connectivity index (χ4v) is 1.72. The van der Waals surface area contributed by atoms with Crippen molar-refractivity contribution in [1.82, 2.24) is 4.98 Å². The molecule has 3 heteroatoms. The Balaban J connectivity index is 2.34. The monoisotopic (exact) mass is 237 g/mol. The lowest BCUT2D eigenvalue weighted by molar-refractivity contribution is 0.968. The summed E-state index contributed by atoms with van der Waals surface area (Å²) >= 11 is 0. The van der Waals surface area contributed by atoms with Gasteiger partial charge in [0.2, 0.25) is 0 Å². The van der Waals surface area contributed by atoms with Crippen LogP contribution >= 0.6 is 0 Å². The van der Waals surface area contributed by atoms with Crippen molar-refractivity contribution < 1.29 is 0 Å². The molecule has 0 amide bonds. The topological polar surface area (TPSA) is 48.7 Å². The van der Waals surface area contributed by atoms with Gasteiger partial charge in [-0.1, -0.05) is 37.3 Å². The Morgan fingerprint density at radius 2 is 2.00 bits per heavy atom. The van der Waals surface area contributed by atoms with E-state index in [4.69, 9.17) is 5.26 Å². The molecule has 90 valence electrons. The molecule has 1 aromatic carbocycles. The molecule has 0 saturated carbocycles. The minimum absolute atomic E-state index is 0.588. The zero-order chi connectivity index (χ0) is 12.8. The number of benzene rings is 1. The molecule has 0 unspecified atom stereocenters. The van der Waals surface area contributed by atoms with Gasteiger partial charge in [0.15, 0.2) is 0 Å². The standard InChI is InChI=1S/C15H15N3/c1-2-8-17-15-13(10-16)9-14(11-18-15)12-6-4-3-5-7-12/h3-7,9,11H,2,8H2,1H3,(H,17,18). The van der Waals surface area contributed by atoms with Crippen LogP contribution < -0.4 is 5.32 Å². The molecule has 1 heterocycles. The first-order valence-corrected chi connectivity index (χ1v) is 6.04. The molecule has 0 saturated heterocycles. The molecular formula is C15H15N3. The largest absolute Gasteiger partial charge is 0.369 e. The molecule has 0 aliphatic carbocycles. The summed E-state index contributed by atoms with van der Waals surface area (Å²) < 4.78 is 0. The first-order valence-electron chi connectivity index (χ1n) is 6.04. The van der Waals surface area contributed by atoms with Gasteiger partial charge in [0.25, 0.3) is 0 Å². The molecule has 0 aliphatic heterocycles. The van der Waals surface area contributed by atoms with Gasteiger partial charge in [-0.2, -0.15) is 5.26 Å². The smallest absolute Gasteiger partial charge is 0.143 e. The van der Waals surface area contributed by atoms with Crippen molar-refractivity contribution >= 4 is 5.82 Å². The Bertz CT molecular complexity index is 556. The average Bonchev–Trinajstić information content (AvgIpc) is 2.46. The third-order valence-electron chi connectivity index (χ3n) is 2.66. The summed E-state index contributed by atoms with van der Waals surface area (Å²) in [7, 11) is 0. The molecule has 18 heavy (non-hydrogen) atoms. The highest BCUT2D eigenvalue weighted by molar-refractivity contribution is 5.67. The Kier molecular flexibility index (Phi) is 3.93. The Morgan fingerprint density at radius 3 is 2.67 bits per heavy atom. The van der Waals surface area contributed by atoms with Gasteiger partial charge in [-0.05, 0) is 18.1 Å². The number of nitrogens with zero attached hydrogens (tertiary/aromatic N) is 2. The van der Waals surface area contributed by atoms with Gasteiger partial charge in [0, 0.05) is 18.3 Å². The van der Waals surface area contributed by atoms with Gasteiger partial charge in [0.05, 0.1) is 5.56 Å². The Labute approximate surface area is 107 Å². The molecular weight excluding hydrogens is 222 g/mol. The predicted octanol–water partition coefficient (Wildman–Crippen LogP) is 3.44. The summed E-state index contributed by atoms with van der Waals surface area (Å²) in [4.78, 5) is 4.33. The van der Waals surface area contributed by atoms with Crippen LogP contribution in [-0.4, -0.2) is 11.5 Å². The van der Waals surface area contributed by atoms with Crippen LogP contribution in [0.3, 0.4) is 0 Å². The third-order valence-corrected chi connectivity index (χ3v) is 2.66. The van der Waals surface area contributed by atoms with E-state index < -0.39 is 0 Å². The number of hydrogen-bond acceptors (Lipinski definition) is 3. The van der Waals surface area contributed by atoms with Gasteiger partial charge >= 0.3 is 0 Å². The first kappa shape index (κ1) is 12.1. The van der Waals surface area contributed by atoms with Crippen molar-refractivity contribution in [2.24, 2.45) is 0 Å². The summed E-state index contributed by atoms with van der Waals surface area (Å²) in [5.74, 6) is 0.666. The minimum atomic E-state index is 0.588. The van der Waals surface area contributed by atoms with Crippen molar-refractivity contribution in [3.63, 3.8) is 0 Å². The minimum Gasteiger partial charge on any atom is -0.369 e. The summed E-state index contributed by atoms with van der Waals surface area (Å²) in [6.07, 6.45) is 2.81. The van der Waals surface area contributed by atoms with E-state index >= 15 is 0 Å². The molecule has 0 atom stereocenters. The number of nitriles is 1. The fourth-order valence-electron chi connectivity index (χ4n) is 1.72. The van der Waals surface area contributed by atoms with E-state index in [1.165, 1.54) is 0 Å². The normalized spacial score (nSPS) is 9.78. The molecule has 1 N–H and O–H groups in total. The van der Waals surface area contributed by atoms with Crippen molar-refractivity contribution in [3.8, 4) is 17.2 Å². The third kappa shape index (κ3) is 2.67. The van der Waals surface area contributed by atoms with Crippen molar-refractivity contribution in [2.45, 2.75) is 13.3 Å². The van der Waals surface area contributed by atoms with Gasteiger partial charge in [-0.3, -0.25) is 0 Å². The van der Waals surface area contributed by atoms with Crippen molar-refractivity contribution in [3.05, 3.63) is 48.2 Å². The highest BCUT2D eigenvalue weighted by Crippen LogP contribution is 2.22. The van der Waals surface area contributed by atoms with Crippen LogP contribution in [0.15, 0.2) is 42.6 Å². The van der Waals surface area contributed by atoms with Crippen molar-refractivity contribution in [1.29, 1.82) is 5.26 Å². The maximum absolute atomic E-state index is 9.16. The number of anilines is 1. The van der Waals surface area contributed by atoms with Crippen LogP contribution in [0.5, 0.6) is 0 Å². The molecule has 0 aliphatic rings. The SMILES string of the molecule is CCCNc1ncc(-c2ccccc2)cc1C#N. The first-order chi connectivity index (χ1) is 8.85. The second-order valence-electron chi connectivity index (χ2n) is 4.02. The molecule has 0 radical (unpaired) electrons. The zero-order valence-corrected chi connectivity index (χ0v) is 10.4. The highest BCUT2D eigenvalue weighted by Gasteiger charge is 2.05. The van der Waals surface area contributed by atoms with Crippen LogP contribution in [0, 0.1) is 11.3 Å². The van der Waals surface area contributed by atoms with E-state index in [0.717, 1.165) is 24.1 Å². The number of aromatic nitrogens is 1. The molecule has 2 aromatic rings. The van der Waals surface area contributed by atoms with Crippen LogP contribution in [0.1, 0.15) is 18.9 Å². The molecule has 1 aromatic heterocycles. The Hall–Kier alpha value is -2.34. The molecule has 0 bridgehead atoms.